The molecule has 64 valence electrons. The minimum Gasteiger partial charge on any atom is -0.233 e. The summed E-state index contributed by atoms with van der Waals surface area (Å²) >= 11 is 0. The van der Waals surface area contributed by atoms with Gasteiger partial charge < -0.3 is 0 Å². The van der Waals surface area contributed by atoms with Crippen LogP contribution in [0.4, 0.5) is 0 Å². The molecule has 0 aliphatic carbocycles. The molecule has 0 aromatic carbocycles. The van der Waals surface area contributed by atoms with Crippen molar-refractivity contribution in [3.05, 3.63) is 17.8 Å². The number of aromatic nitrogens is 4. The number of hydrogen-bond donors (Lipinski definition) is 1. The van der Waals surface area contributed by atoms with Crippen molar-refractivity contribution >= 4 is 11.2 Å². The zero-order valence-electron chi connectivity index (χ0n) is 6.99. The third kappa shape index (κ3) is 1.49. The summed E-state index contributed by atoms with van der Waals surface area (Å²) in [5.74, 6) is 2.59. The van der Waals surface area contributed by atoms with Gasteiger partial charge in [0.1, 0.15) is 5.52 Å². The Morgan fingerprint density at radius 2 is 2.38 bits per heavy atom. The normalized spacial score (nSPS) is 10.1. The molecule has 0 radical (unpaired) electrons. The van der Waals surface area contributed by atoms with Gasteiger partial charge in [0.05, 0.1) is 0 Å². The van der Waals surface area contributed by atoms with Gasteiger partial charge in [-0.15, -0.1) is 17.4 Å². The summed E-state index contributed by atoms with van der Waals surface area (Å²) < 4.78 is 0. The van der Waals surface area contributed by atoms with Crippen LogP contribution in [0.25, 0.3) is 11.2 Å². The average molecular weight is 172 g/mol. The molecule has 4 heteroatoms. The van der Waals surface area contributed by atoms with E-state index in [1.54, 1.807) is 6.20 Å². The Hall–Kier alpha value is -1.89. The van der Waals surface area contributed by atoms with Gasteiger partial charge >= 0.3 is 0 Å². The number of aromatic amines is 1. The van der Waals surface area contributed by atoms with Crippen LogP contribution in [0, 0.1) is 12.3 Å². The molecule has 0 atom stereocenters. The van der Waals surface area contributed by atoms with Gasteiger partial charge in [-0.1, -0.05) is 0 Å². The largest absolute Gasteiger partial charge is 0.233 e. The first-order valence-corrected chi connectivity index (χ1v) is 3.99. The van der Waals surface area contributed by atoms with Crippen molar-refractivity contribution in [2.75, 3.05) is 0 Å². The van der Waals surface area contributed by atoms with E-state index in [1.807, 2.05) is 6.07 Å². The van der Waals surface area contributed by atoms with E-state index in [4.69, 9.17) is 6.42 Å². The fourth-order valence-corrected chi connectivity index (χ4v) is 1.14. The lowest BCUT2D eigenvalue weighted by Gasteiger charge is -1.94. The maximum Gasteiger partial charge on any atom is 0.201 e. The molecule has 2 aromatic rings. The predicted octanol–water partition coefficient (Wildman–Crippen LogP) is 0.919. The Balaban J connectivity index is 2.33. The number of H-pyrrole nitrogens is 1. The molecule has 2 rings (SSSR count). The summed E-state index contributed by atoms with van der Waals surface area (Å²) in [5, 5.41) is 10.3. The van der Waals surface area contributed by atoms with Crippen molar-refractivity contribution in [2.24, 2.45) is 0 Å². The standard InChI is InChI=1S/C9H8N4/c1-2-3-4-7-5-8-9(10-6-7)12-13-11-8/h1,5-6H,3-4H2,(H,10,11,12,13). The second-order valence-corrected chi connectivity index (χ2v) is 2.71. The zero-order valence-corrected chi connectivity index (χ0v) is 6.99. The van der Waals surface area contributed by atoms with Crippen LogP contribution in [-0.2, 0) is 6.42 Å². The third-order valence-electron chi connectivity index (χ3n) is 1.79. The molecule has 0 amide bonds. The highest BCUT2D eigenvalue weighted by Gasteiger charge is 1.99. The summed E-state index contributed by atoms with van der Waals surface area (Å²) in [7, 11) is 0. The number of rotatable bonds is 2. The van der Waals surface area contributed by atoms with E-state index in [-0.39, 0.29) is 0 Å². The number of hydrogen-bond acceptors (Lipinski definition) is 3. The van der Waals surface area contributed by atoms with Crippen LogP contribution >= 0.6 is 0 Å². The Kier molecular flexibility index (Phi) is 1.93. The highest BCUT2D eigenvalue weighted by Crippen LogP contribution is 2.08. The van der Waals surface area contributed by atoms with Crippen molar-refractivity contribution in [1.82, 2.24) is 20.4 Å². The summed E-state index contributed by atoms with van der Waals surface area (Å²) in [5.41, 5.74) is 2.53. The monoisotopic (exact) mass is 172 g/mol. The van der Waals surface area contributed by atoms with Gasteiger partial charge in [-0.2, -0.15) is 10.3 Å². The molecule has 0 unspecified atom stereocenters. The van der Waals surface area contributed by atoms with Crippen LogP contribution in [0.5, 0.6) is 0 Å². The lowest BCUT2D eigenvalue weighted by molar-refractivity contribution is 0.954. The van der Waals surface area contributed by atoms with Gasteiger partial charge in [0.2, 0.25) is 5.65 Å². The Morgan fingerprint density at radius 3 is 3.23 bits per heavy atom. The van der Waals surface area contributed by atoms with Crippen LogP contribution in [-0.4, -0.2) is 20.4 Å². The van der Waals surface area contributed by atoms with Crippen LogP contribution in [0.15, 0.2) is 12.3 Å². The van der Waals surface area contributed by atoms with E-state index >= 15 is 0 Å². The fraction of sp³-hybridized carbons (Fsp3) is 0.222. The van der Waals surface area contributed by atoms with Crippen molar-refractivity contribution in [3.63, 3.8) is 0 Å². The quantitative estimate of drug-likeness (QED) is 0.685. The highest BCUT2D eigenvalue weighted by atomic mass is 15.3. The molecule has 1 N–H and O–H groups in total. The van der Waals surface area contributed by atoms with E-state index in [9.17, 15) is 0 Å². The maximum absolute atomic E-state index is 5.16. The van der Waals surface area contributed by atoms with Crippen molar-refractivity contribution in [2.45, 2.75) is 12.8 Å². The second kappa shape index (κ2) is 3.23. The molecule has 0 spiro atoms. The Labute approximate surface area is 75.4 Å². The minimum absolute atomic E-state index is 0.643. The van der Waals surface area contributed by atoms with E-state index < -0.39 is 0 Å². The molecule has 0 bridgehead atoms. The average Bonchev–Trinajstić information content (AvgIpc) is 2.61. The summed E-state index contributed by atoms with van der Waals surface area (Å²) in [4.78, 5) is 4.12. The third-order valence-corrected chi connectivity index (χ3v) is 1.79. The molecule has 2 heterocycles. The predicted molar refractivity (Wildman–Crippen MR) is 48.8 cm³/mol. The molecule has 0 aliphatic rings. The molecule has 0 aliphatic heterocycles. The van der Waals surface area contributed by atoms with Gasteiger partial charge in [-0.05, 0) is 18.1 Å². The van der Waals surface area contributed by atoms with Gasteiger partial charge in [-0.3, -0.25) is 0 Å². The Morgan fingerprint density at radius 1 is 1.46 bits per heavy atom. The highest BCUT2D eigenvalue weighted by molar-refractivity contribution is 5.68. The SMILES string of the molecule is C#CCCc1cnc2n[nH]nc2c1. The zero-order chi connectivity index (χ0) is 9.10. The number of nitrogens with one attached hydrogen (secondary N) is 1. The molecule has 0 saturated carbocycles. The summed E-state index contributed by atoms with van der Waals surface area (Å²) in [6.45, 7) is 0. The number of pyridine rings is 1. The number of aryl methyl sites for hydroxylation is 1. The van der Waals surface area contributed by atoms with Crippen LogP contribution in [0.2, 0.25) is 0 Å². The fourth-order valence-electron chi connectivity index (χ4n) is 1.14. The smallest absolute Gasteiger partial charge is 0.201 e. The van der Waals surface area contributed by atoms with Crippen molar-refractivity contribution in [3.8, 4) is 12.3 Å². The molecule has 2 aromatic heterocycles. The minimum atomic E-state index is 0.643. The van der Waals surface area contributed by atoms with E-state index in [0.29, 0.717) is 5.65 Å². The topological polar surface area (TPSA) is 54.5 Å². The van der Waals surface area contributed by atoms with E-state index in [0.717, 1.165) is 23.9 Å². The number of terminal acetylenes is 1. The molecular formula is C9H8N4. The number of fused-ring (bicyclic) bond motifs is 1. The van der Waals surface area contributed by atoms with Crippen molar-refractivity contribution in [1.29, 1.82) is 0 Å². The van der Waals surface area contributed by atoms with Crippen LogP contribution in [0.3, 0.4) is 0 Å². The van der Waals surface area contributed by atoms with Gasteiger partial charge in [0, 0.05) is 12.6 Å². The molecule has 0 fully saturated rings. The first-order valence-electron chi connectivity index (χ1n) is 3.99. The van der Waals surface area contributed by atoms with Crippen LogP contribution < -0.4 is 0 Å². The van der Waals surface area contributed by atoms with E-state index in [2.05, 4.69) is 26.3 Å². The molecular weight excluding hydrogens is 164 g/mol. The summed E-state index contributed by atoms with van der Waals surface area (Å²) in [6.07, 6.45) is 8.51. The first-order chi connectivity index (χ1) is 6.40. The molecule has 13 heavy (non-hydrogen) atoms. The van der Waals surface area contributed by atoms with Crippen molar-refractivity contribution < 1.29 is 0 Å². The molecule has 0 saturated heterocycles. The number of nitrogens with zero attached hydrogens (tertiary/aromatic N) is 3. The van der Waals surface area contributed by atoms with Gasteiger partial charge in [0.15, 0.2) is 0 Å². The van der Waals surface area contributed by atoms with Gasteiger partial charge in [0.25, 0.3) is 0 Å². The second-order valence-electron chi connectivity index (χ2n) is 2.71. The summed E-state index contributed by atoms with van der Waals surface area (Å²) in [6, 6.07) is 1.95. The van der Waals surface area contributed by atoms with Gasteiger partial charge in [-0.25, -0.2) is 4.98 Å². The maximum atomic E-state index is 5.16. The lowest BCUT2D eigenvalue weighted by atomic mass is 10.1. The molecule has 4 nitrogen and oxygen atoms in total. The lowest BCUT2D eigenvalue weighted by Crippen LogP contribution is -1.86. The van der Waals surface area contributed by atoms with E-state index in [1.165, 1.54) is 0 Å². The first kappa shape index (κ1) is 7.74. The van der Waals surface area contributed by atoms with Crippen LogP contribution in [0.1, 0.15) is 12.0 Å². The Bertz CT molecular complexity index is 452.